The fourth-order valence-electron chi connectivity index (χ4n) is 2.58. The van der Waals surface area contributed by atoms with Gasteiger partial charge in [0.05, 0.1) is 6.04 Å². The average Bonchev–Trinajstić information content (AvgIpc) is 2.50. The van der Waals surface area contributed by atoms with Gasteiger partial charge in [0.2, 0.25) is 5.91 Å². The Labute approximate surface area is 123 Å². The number of hydrogen-bond acceptors (Lipinski definition) is 3. The molecule has 2 atom stereocenters. The summed E-state index contributed by atoms with van der Waals surface area (Å²) >= 11 is 0. The smallest absolute Gasteiger partial charge is 0.241 e. The lowest BCUT2D eigenvalue weighted by molar-refractivity contribution is -0.121. The van der Waals surface area contributed by atoms with E-state index >= 15 is 0 Å². The molecular formula is C15H21F2N3O. The van der Waals surface area contributed by atoms with Crippen molar-refractivity contribution in [3.05, 3.63) is 29.8 Å². The van der Waals surface area contributed by atoms with Gasteiger partial charge in [-0.3, -0.25) is 9.69 Å². The predicted molar refractivity (Wildman–Crippen MR) is 78.1 cm³/mol. The van der Waals surface area contributed by atoms with Gasteiger partial charge in [-0.2, -0.15) is 0 Å². The Morgan fingerprint density at radius 2 is 2.14 bits per heavy atom. The molecule has 1 aliphatic heterocycles. The van der Waals surface area contributed by atoms with Crippen molar-refractivity contribution in [2.75, 3.05) is 25.5 Å². The first kappa shape index (κ1) is 15.9. The van der Waals surface area contributed by atoms with E-state index in [4.69, 9.17) is 0 Å². The number of carbonyl (C=O) groups excluding carboxylic acids is 1. The summed E-state index contributed by atoms with van der Waals surface area (Å²) in [6, 6.07) is 3.43. The van der Waals surface area contributed by atoms with Gasteiger partial charge in [0.1, 0.15) is 0 Å². The second-order valence-corrected chi connectivity index (χ2v) is 5.42. The lowest BCUT2D eigenvalue weighted by Gasteiger charge is -2.35. The van der Waals surface area contributed by atoms with Crippen LogP contribution in [-0.2, 0) is 4.79 Å². The third kappa shape index (κ3) is 3.98. The predicted octanol–water partition coefficient (Wildman–Crippen LogP) is 1.98. The number of benzene rings is 1. The summed E-state index contributed by atoms with van der Waals surface area (Å²) in [4.78, 5) is 14.3. The zero-order valence-corrected chi connectivity index (χ0v) is 12.3. The van der Waals surface area contributed by atoms with Gasteiger partial charge >= 0.3 is 0 Å². The van der Waals surface area contributed by atoms with Crippen LogP contribution in [0.1, 0.15) is 19.8 Å². The van der Waals surface area contributed by atoms with Gasteiger partial charge in [-0.05, 0) is 45.5 Å². The van der Waals surface area contributed by atoms with Crippen molar-refractivity contribution in [3.8, 4) is 0 Å². The van der Waals surface area contributed by atoms with Crippen LogP contribution in [0.3, 0.4) is 0 Å². The Hall–Kier alpha value is -1.53. The van der Waals surface area contributed by atoms with Crippen molar-refractivity contribution in [3.63, 3.8) is 0 Å². The number of amides is 1. The Bertz CT molecular complexity index is 510. The van der Waals surface area contributed by atoms with E-state index in [1.807, 2.05) is 14.0 Å². The lowest BCUT2D eigenvalue weighted by atomic mass is 10.0. The highest BCUT2D eigenvalue weighted by Crippen LogP contribution is 2.16. The normalized spacial score (nSPS) is 21.0. The summed E-state index contributed by atoms with van der Waals surface area (Å²) in [7, 11) is 1.92. The number of carbonyl (C=O) groups is 1. The molecule has 1 heterocycles. The number of likely N-dealkylation sites (N-methyl/N-ethyl adjacent to an activating group) is 1. The first-order valence-electron chi connectivity index (χ1n) is 7.18. The molecule has 0 saturated carbocycles. The molecule has 1 fully saturated rings. The van der Waals surface area contributed by atoms with Gasteiger partial charge in [-0.25, -0.2) is 8.78 Å². The lowest BCUT2D eigenvalue weighted by Crippen LogP contribution is -2.51. The highest BCUT2D eigenvalue weighted by Gasteiger charge is 2.26. The van der Waals surface area contributed by atoms with Crippen LogP contribution in [0.2, 0.25) is 0 Å². The van der Waals surface area contributed by atoms with Crippen molar-refractivity contribution in [1.82, 2.24) is 10.2 Å². The van der Waals surface area contributed by atoms with E-state index in [1.54, 1.807) is 0 Å². The molecule has 2 rings (SSSR count). The van der Waals surface area contributed by atoms with Crippen molar-refractivity contribution >= 4 is 11.6 Å². The minimum atomic E-state index is -0.964. The largest absolute Gasteiger partial charge is 0.325 e. The van der Waals surface area contributed by atoms with Crippen LogP contribution in [-0.4, -0.2) is 43.0 Å². The van der Waals surface area contributed by atoms with Crippen LogP contribution in [0, 0.1) is 11.6 Å². The number of halogens is 2. The zero-order valence-electron chi connectivity index (χ0n) is 12.3. The molecule has 0 bridgehead atoms. The Morgan fingerprint density at radius 3 is 2.81 bits per heavy atom. The molecule has 4 nitrogen and oxygen atoms in total. The van der Waals surface area contributed by atoms with Gasteiger partial charge in [0, 0.05) is 24.3 Å². The monoisotopic (exact) mass is 297 g/mol. The third-order valence-corrected chi connectivity index (χ3v) is 3.98. The molecular weight excluding hydrogens is 276 g/mol. The average molecular weight is 297 g/mol. The molecule has 0 radical (unpaired) electrons. The molecule has 1 aromatic carbocycles. The number of anilines is 1. The molecule has 2 N–H and O–H groups in total. The highest BCUT2D eigenvalue weighted by atomic mass is 19.2. The third-order valence-electron chi connectivity index (χ3n) is 3.98. The van der Waals surface area contributed by atoms with E-state index in [9.17, 15) is 13.6 Å². The number of rotatable bonds is 4. The maximum atomic E-state index is 13.1. The molecule has 116 valence electrons. The first-order chi connectivity index (χ1) is 10.0. The van der Waals surface area contributed by atoms with Crippen molar-refractivity contribution in [2.24, 2.45) is 0 Å². The summed E-state index contributed by atoms with van der Waals surface area (Å²) in [6.07, 6.45) is 2.14. The van der Waals surface area contributed by atoms with Crippen LogP contribution in [0.5, 0.6) is 0 Å². The van der Waals surface area contributed by atoms with E-state index in [-0.39, 0.29) is 17.6 Å². The van der Waals surface area contributed by atoms with Gasteiger partial charge in [-0.15, -0.1) is 0 Å². The van der Waals surface area contributed by atoms with Gasteiger partial charge in [0.25, 0.3) is 0 Å². The standard InChI is InChI=1S/C15H21F2N3O/c1-10(20-7-3-4-12(9-20)18-2)15(21)19-11-5-6-13(16)14(17)8-11/h5-6,8,10,12,18H,3-4,7,9H2,1-2H3,(H,19,21). The Kier molecular flexibility index (Phi) is 5.25. The molecule has 0 aromatic heterocycles. The quantitative estimate of drug-likeness (QED) is 0.893. The van der Waals surface area contributed by atoms with Crippen LogP contribution < -0.4 is 10.6 Å². The molecule has 1 saturated heterocycles. The molecule has 0 aliphatic carbocycles. The number of nitrogens with one attached hydrogen (secondary N) is 2. The number of piperidine rings is 1. The van der Waals surface area contributed by atoms with Gasteiger partial charge < -0.3 is 10.6 Å². The summed E-state index contributed by atoms with van der Waals surface area (Å²) in [5.41, 5.74) is 0.271. The van der Waals surface area contributed by atoms with Crippen molar-refractivity contribution in [1.29, 1.82) is 0 Å². The Balaban J connectivity index is 1.97. The SMILES string of the molecule is CNC1CCCN(C(C)C(=O)Nc2ccc(F)c(F)c2)C1. The van der Waals surface area contributed by atoms with E-state index in [0.29, 0.717) is 6.04 Å². The topological polar surface area (TPSA) is 44.4 Å². The van der Waals surface area contributed by atoms with Gasteiger partial charge in [0.15, 0.2) is 11.6 Å². The minimum Gasteiger partial charge on any atom is -0.325 e. The van der Waals surface area contributed by atoms with Crippen molar-refractivity contribution < 1.29 is 13.6 Å². The summed E-state index contributed by atoms with van der Waals surface area (Å²) in [5.74, 6) is -2.10. The summed E-state index contributed by atoms with van der Waals surface area (Å²) in [6.45, 7) is 3.50. The number of likely N-dealkylation sites (tertiary alicyclic amines) is 1. The van der Waals surface area contributed by atoms with Crippen LogP contribution in [0.25, 0.3) is 0 Å². The molecule has 2 unspecified atom stereocenters. The summed E-state index contributed by atoms with van der Waals surface area (Å²) < 4.78 is 26.0. The van der Waals surface area contributed by atoms with E-state index in [2.05, 4.69) is 15.5 Å². The maximum Gasteiger partial charge on any atom is 0.241 e. The number of nitrogens with zero attached hydrogens (tertiary/aromatic N) is 1. The number of hydrogen-bond donors (Lipinski definition) is 2. The first-order valence-corrected chi connectivity index (χ1v) is 7.18. The molecule has 1 amide bonds. The molecule has 0 spiro atoms. The second-order valence-electron chi connectivity index (χ2n) is 5.42. The maximum absolute atomic E-state index is 13.1. The van der Waals surface area contributed by atoms with Gasteiger partial charge in [-0.1, -0.05) is 0 Å². The minimum absolute atomic E-state index is 0.210. The summed E-state index contributed by atoms with van der Waals surface area (Å²) in [5, 5.41) is 5.86. The molecule has 1 aliphatic rings. The zero-order chi connectivity index (χ0) is 15.4. The van der Waals surface area contributed by atoms with E-state index in [0.717, 1.165) is 38.1 Å². The second kappa shape index (κ2) is 6.95. The van der Waals surface area contributed by atoms with Crippen LogP contribution in [0.15, 0.2) is 18.2 Å². The highest BCUT2D eigenvalue weighted by molar-refractivity contribution is 5.94. The van der Waals surface area contributed by atoms with Crippen LogP contribution >= 0.6 is 0 Å². The molecule has 1 aromatic rings. The van der Waals surface area contributed by atoms with Crippen molar-refractivity contribution in [2.45, 2.75) is 31.8 Å². The van der Waals surface area contributed by atoms with E-state index < -0.39 is 11.6 Å². The van der Waals surface area contributed by atoms with E-state index in [1.165, 1.54) is 6.07 Å². The molecule has 21 heavy (non-hydrogen) atoms. The molecule has 6 heteroatoms. The fourth-order valence-corrected chi connectivity index (χ4v) is 2.58. The van der Waals surface area contributed by atoms with Crippen LogP contribution in [0.4, 0.5) is 14.5 Å². The Morgan fingerprint density at radius 1 is 1.38 bits per heavy atom. The fraction of sp³-hybridized carbons (Fsp3) is 0.533.